The number of rotatable bonds is 7. The third-order valence-electron chi connectivity index (χ3n) is 3.15. The molecule has 0 saturated heterocycles. The van der Waals surface area contributed by atoms with Gasteiger partial charge in [0.25, 0.3) is 0 Å². The maximum atomic E-state index is 5.46. The number of nitrogens with zero attached hydrogens (tertiary/aromatic N) is 3. The largest absolute Gasteiger partial charge is 0.468 e. The van der Waals surface area contributed by atoms with Crippen LogP contribution in [0, 0.1) is 0 Å². The van der Waals surface area contributed by atoms with Crippen LogP contribution in [0.15, 0.2) is 59.0 Å². The van der Waals surface area contributed by atoms with Crippen molar-refractivity contribution in [1.29, 1.82) is 0 Å². The van der Waals surface area contributed by atoms with E-state index in [-0.39, 0.29) is 0 Å². The van der Waals surface area contributed by atoms with Gasteiger partial charge in [-0.05, 0) is 23.6 Å². The summed E-state index contributed by atoms with van der Waals surface area (Å²) >= 11 is 1.80. The minimum atomic E-state index is 0.833. The number of furan rings is 1. The van der Waals surface area contributed by atoms with Gasteiger partial charge in [-0.25, -0.2) is 4.98 Å². The van der Waals surface area contributed by atoms with Crippen molar-refractivity contribution in [2.24, 2.45) is 0 Å². The summed E-state index contributed by atoms with van der Waals surface area (Å²) in [5, 5.41) is 2.12. The molecule has 20 heavy (non-hydrogen) atoms. The van der Waals surface area contributed by atoms with Crippen LogP contribution >= 0.6 is 11.3 Å². The second-order valence-electron chi connectivity index (χ2n) is 4.67. The monoisotopic (exact) mass is 287 g/mol. The van der Waals surface area contributed by atoms with E-state index >= 15 is 0 Å². The Morgan fingerprint density at radius 2 is 2.25 bits per heavy atom. The summed E-state index contributed by atoms with van der Waals surface area (Å²) in [6.45, 7) is 3.69. The Morgan fingerprint density at radius 1 is 1.25 bits per heavy atom. The SMILES string of the molecule is c1coc(CN(CCn2ccnc2)Cc2cccs2)c1. The Morgan fingerprint density at radius 3 is 2.95 bits per heavy atom. The summed E-state index contributed by atoms with van der Waals surface area (Å²) in [6, 6.07) is 8.24. The first-order valence-electron chi connectivity index (χ1n) is 6.63. The lowest BCUT2D eigenvalue weighted by Gasteiger charge is -2.20. The predicted molar refractivity (Wildman–Crippen MR) is 79.4 cm³/mol. The Hall–Kier alpha value is -1.85. The molecule has 0 unspecified atom stereocenters. The van der Waals surface area contributed by atoms with Gasteiger partial charge < -0.3 is 8.98 Å². The smallest absolute Gasteiger partial charge is 0.117 e. The van der Waals surface area contributed by atoms with Crippen molar-refractivity contribution in [3.05, 3.63) is 65.3 Å². The highest BCUT2D eigenvalue weighted by Gasteiger charge is 2.09. The van der Waals surface area contributed by atoms with Crippen LogP contribution in [0.3, 0.4) is 0 Å². The van der Waals surface area contributed by atoms with Gasteiger partial charge in [-0.15, -0.1) is 11.3 Å². The average molecular weight is 287 g/mol. The maximum Gasteiger partial charge on any atom is 0.117 e. The second kappa shape index (κ2) is 6.54. The average Bonchev–Trinajstić information content (AvgIpc) is 3.20. The second-order valence-corrected chi connectivity index (χ2v) is 5.70. The van der Waals surface area contributed by atoms with E-state index in [1.54, 1.807) is 17.6 Å². The predicted octanol–water partition coefficient (Wildman–Crippen LogP) is 3.24. The van der Waals surface area contributed by atoms with Crippen molar-refractivity contribution < 1.29 is 4.42 Å². The minimum Gasteiger partial charge on any atom is -0.468 e. The molecule has 5 heteroatoms. The summed E-state index contributed by atoms with van der Waals surface area (Å²) < 4.78 is 7.56. The molecule has 3 rings (SSSR count). The standard InChI is InChI=1S/C15H17N3OS/c1-3-14(19-9-1)11-18(12-15-4-2-10-20-15)8-7-17-6-5-16-13-17/h1-6,9-10,13H,7-8,11-12H2. The molecule has 4 nitrogen and oxygen atoms in total. The Labute approximate surface area is 122 Å². The van der Waals surface area contributed by atoms with Crippen LogP contribution in [-0.2, 0) is 19.6 Å². The molecule has 0 fully saturated rings. The Kier molecular flexibility index (Phi) is 4.30. The van der Waals surface area contributed by atoms with Gasteiger partial charge >= 0.3 is 0 Å². The van der Waals surface area contributed by atoms with Crippen molar-refractivity contribution in [2.75, 3.05) is 6.54 Å². The van der Waals surface area contributed by atoms with E-state index in [1.807, 2.05) is 30.9 Å². The Balaban J connectivity index is 1.62. The number of imidazole rings is 1. The van der Waals surface area contributed by atoms with E-state index in [9.17, 15) is 0 Å². The molecule has 0 atom stereocenters. The highest BCUT2D eigenvalue weighted by Crippen LogP contribution is 2.14. The summed E-state index contributed by atoms with van der Waals surface area (Å²) in [5.74, 6) is 1.01. The van der Waals surface area contributed by atoms with Crippen LogP contribution < -0.4 is 0 Å². The quantitative estimate of drug-likeness (QED) is 0.669. The molecular formula is C15H17N3OS. The van der Waals surface area contributed by atoms with Crippen molar-refractivity contribution in [2.45, 2.75) is 19.6 Å². The number of hydrogen-bond acceptors (Lipinski definition) is 4. The van der Waals surface area contributed by atoms with Crippen LogP contribution in [0.5, 0.6) is 0 Å². The van der Waals surface area contributed by atoms with E-state index in [0.29, 0.717) is 0 Å². The third kappa shape index (κ3) is 3.59. The maximum absolute atomic E-state index is 5.46. The number of hydrogen-bond donors (Lipinski definition) is 0. The zero-order chi connectivity index (χ0) is 13.6. The highest BCUT2D eigenvalue weighted by atomic mass is 32.1. The zero-order valence-electron chi connectivity index (χ0n) is 11.2. The number of aromatic nitrogens is 2. The Bertz CT molecular complexity index is 551. The molecular weight excluding hydrogens is 270 g/mol. The van der Waals surface area contributed by atoms with Gasteiger partial charge in [0.2, 0.25) is 0 Å². The molecule has 3 aromatic rings. The fourth-order valence-corrected chi connectivity index (χ4v) is 2.88. The van der Waals surface area contributed by atoms with E-state index < -0.39 is 0 Å². The summed E-state index contributed by atoms with van der Waals surface area (Å²) in [5.41, 5.74) is 0. The fourth-order valence-electron chi connectivity index (χ4n) is 2.14. The fraction of sp³-hybridized carbons (Fsp3) is 0.267. The zero-order valence-corrected chi connectivity index (χ0v) is 12.0. The molecule has 0 spiro atoms. The molecule has 0 aliphatic carbocycles. The van der Waals surface area contributed by atoms with Crippen molar-refractivity contribution in [1.82, 2.24) is 14.5 Å². The summed E-state index contributed by atoms with van der Waals surface area (Å²) in [6.07, 6.45) is 7.40. The van der Waals surface area contributed by atoms with E-state index in [1.165, 1.54) is 4.88 Å². The normalized spacial score (nSPS) is 11.2. The van der Waals surface area contributed by atoms with E-state index in [4.69, 9.17) is 4.42 Å². The minimum absolute atomic E-state index is 0.833. The van der Waals surface area contributed by atoms with E-state index in [2.05, 4.69) is 32.0 Å². The molecule has 3 heterocycles. The topological polar surface area (TPSA) is 34.2 Å². The molecule has 0 N–H and O–H groups in total. The lowest BCUT2D eigenvalue weighted by atomic mass is 10.3. The van der Waals surface area contributed by atoms with Crippen LogP contribution in [0.1, 0.15) is 10.6 Å². The van der Waals surface area contributed by atoms with Gasteiger partial charge in [-0.3, -0.25) is 4.90 Å². The van der Waals surface area contributed by atoms with Crippen molar-refractivity contribution >= 4 is 11.3 Å². The molecule has 0 aromatic carbocycles. The lowest BCUT2D eigenvalue weighted by Crippen LogP contribution is -2.26. The molecule has 0 bridgehead atoms. The molecule has 0 aliphatic heterocycles. The molecule has 0 saturated carbocycles. The molecule has 104 valence electrons. The van der Waals surface area contributed by atoms with Crippen LogP contribution in [-0.4, -0.2) is 21.0 Å². The van der Waals surface area contributed by atoms with Crippen LogP contribution in [0.2, 0.25) is 0 Å². The molecule has 0 radical (unpaired) electrons. The van der Waals surface area contributed by atoms with E-state index in [0.717, 1.165) is 31.9 Å². The highest BCUT2D eigenvalue weighted by molar-refractivity contribution is 7.09. The molecule has 0 aliphatic rings. The van der Waals surface area contributed by atoms with Crippen LogP contribution in [0.4, 0.5) is 0 Å². The summed E-state index contributed by atoms with van der Waals surface area (Å²) in [4.78, 5) is 7.85. The van der Waals surface area contributed by atoms with Crippen LogP contribution in [0.25, 0.3) is 0 Å². The van der Waals surface area contributed by atoms with Gasteiger partial charge in [-0.2, -0.15) is 0 Å². The summed E-state index contributed by atoms with van der Waals surface area (Å²) in [7, 11) is 0. The van der Waals surface area contributed by atoms with Gasteiger partial charge in [0, 0.05) is 36.9 Å². The lowest BCUT2D eigenvalue weighted by molar-refractivity contribution is 0.228. The van der Waals surface area contributed by atoms with Crippen molar-refractivity contribution in [3.8, 4) is 0 Å². The number of thiophene rings is 1. The first kappa shape index (κ1) is 13.1. The van der Waals surface area contributed by atoms with Crippen molar-refractivity contribution in [3.63, 3.8) is 0 Å². The third-order valence-corrected chi connectivity index (χ3v) is 4.01. The van der Waals surface area contributed by atoms with Gasteiger partial charge in [0.05, 0.1) is 19.1 Å². The van der Waals surface area contributed by atoms with Gasteiger partial charge in [-0.1, -0.05) is 6.07 Å². The molecule has 0 amide bonds. The molecule has 3 aromatic heterocycles. The first-order chi connectivity index (χ1) is 9.90. The first-order valence-corrected chi connectivity index (χ1v) is 7.51. The van der Waals surface area contributed by atoms with Gasteiger partial charge in [0.1, 0.15) is 5.76 Å². The van der Waals surface area contributed by atoms with Gasteiger partial charge in [0.15, 0.2) is 0 Å².